The Balaban J connectivity index is 1.95. The van der Waals surface area contributed by atoms with Crippen LogP contribution in [0, 0.1) is 0 Å². The molecule has 5 nitrogen and oxygen atoms in total. The van der Waals surface area contributed by atoms with Crippen LogP contribution in [0.2, 0.25) is 0 Å². The second-order valence-electron chi connectivity index (χ2n) is 4.57. The van der Waals surface area contributed by atoms with Gasteiger partial charge in [-0.05, 0) is 48.6 Å². The van der Waals surface area contributed by atoms with Crippen LogP contribution in [0.15, 0.2) is 48.5 Å². The Kier molecular flexibility index (Phi) is 5.32. The number of rotatable bonds is 4. The highest BCUT2D eigenvalue weighted by Gasteiger charge is 2.01. The third-order valence-corrected chi connectivity index (χ3v) is 2.99. The summed E-state index contributed by atoms with van der Waals surface area (Å²) in [6, 6.07) is 14.8. The number of methoxy groups -OCH3 is 1. The van der Waals surface area contributed by atoms with Crippen LogP contribution in [-0.4, -0.2) is 18.1 Å². The maximum absolute atomic E-state index is 11.0. The predicted octanol–water partition coefficient (Wildman–Crippen LogP) is 3.46. The van der Waals surface area contributed by atoms with Gasteiger partial charge in [-0.3, -0.25) is 4.79 Å². The van der Waals surface area contributed by atoms with Crippen molar-refractivity contribution in [2.45, 2.75) is 6.92 Å². The number of carbonyl (C=O) groups is 1. The molecule has 0 spiro atoms. The van der Waals surface area contributed by atoms with E-state index in [2.05, 4.69) is 16.0 Å². The fourth-order valence-corrected chi connectivity index (χ4v) is 2.07. The van der Waals surface area contributed by atoms with E-state index in [1.165, 1.54) is 6.92 Å². The summed E-state index contributed by atoms with van der Waals surface area (Å²) >= 11 is 5.27. The minimum absolute atomic E-state index is 0.101. The van der Waals surface area contributed by atoms with Gasteiger partial charge in [-0.25, -0.2) is 0 Å². The zero-order valence-electron chi connectivity index (χ0n) is 12.3. The summed E-state index contributed by atoms with van der Waals surface area (Å²) in [4.78, 5) is 11.0. The summed E-state index contributed by atoms with van der Waals surface area (Å²) in [6.45, 7) is 1.47. The fraction of sp³-hybridized carbons (Fsp3) is 0.125. The standard InChI is InChI=1S/C16H17N3O2S/c1-11(20)17-12-6-8-13(9-7-12)18-16(22)19-14-4-3-5-15(10-14)21-2/h3-10H,1-2H3,(H,17,20)(H2,18,19,22). The lowest BCUT2D eigenvalue weighted by Crippen LogP contribution is -2.19. The molecule has 0 aromatic heterocycles. The Morgan fingerprint density at radius 1 is 0.955 bits per heavy atom. The first-order valence-electron chi connectivity index (χ1n) is 6.66. The molecule has 3 N–H and O–H groups in total. The Morgan fingerprint density at radius 3 is 2.14 bits per heavy atom. The Hall–Kier alpha value is -2.60. The molecule has 0 atom stereocenters. The predicted molar refractivity (Wildman–Crippen MR) is 93.6 cm³/mol. The van der Waals surface area contributed by atoms with E-state index in [-0.39, 0.29) is 5.91 Å². The first-order valence-corrected chi connectivity index (χ1v) is 7.07. The van der Waals surface area contributed by atoms with Gasteiger partial charge >= 0.3 is 0 Å². The molecule has 0 unspecified atom stereocenters. The van der Waals surface area contributed by atoms with Gasteiger partial charge in [0.05, 0.1) is 7.11 Å². The quantitative estimate of drug-likeness (QED) is 0.754. The molecule has 0 aliphatic carbocycles. The fourth-order valence-electron chi connectivity index (χ4n) is 1.83. The molecular formula is C16H17N3O2S. The molecule has 0 aliphatic rings. The number of carbonyl (C=O) groups excluding carboxylic acids is 1. The number of thiocarbonyl (C=S) groups is 1. The summed E-state index contributed by atoms with van der Waals surface area (Å²) < 4.78 is 5.16. The number of anilines is 3. The first-order chi connectivity index (χ1) is 10.6. The summed E-state index contributed by atoms with van der Waals surface area (Å²) in [5.41, 5.74) is 2.41. The van der Waals surface area contributed by atoms with Gasteiger partial charge in [0.25, 0.3) is 0 Å². The Bertz CT molecular complexity index is 671. The van der Waals surface area contributed by atoms with E-state index in [1.54, 1.807) is 19.2 Å². The van der Waals surface area contributed by atoms with Crippen molar-refractivity contribution in [3.05, 3.63) is 48.5 Å². The van der Waals surface area contributed by atoms with E-state index in [9.17, 15) is 4.79 Å². The molecule has 2 aromatic carbocycles. The molecule has 1 amide bonds. The highest BCUT2D eigenvalue weighted by atomic mass is 32.1. The second-order valence-corrected chi connectivity index (χ2v) is 4.98. The van der Waals surface area contributed by atoms with Crippen LogP contribution >= 0.6 is 12.2 Å². The van der Waals surface area contributed by atoms with Crippen LogP contribution in [0.25, 0.3) is 0 Å². The summed E-state index contributed by atoms with van der Waals surface area (Å²) in [7, 11) is 1.62. The lowest BCUT2D eigenvalue weighted by molar-refractivity contribution is -0.114. The molecule has 0 saturated carbocycles. The highest BCUT2D eigenvalue weighted by Crippen LogP contribution is 2.18. The number of ether oxygens (including phenoxy) is 1. The van der Waals surface area contributed by atoms with Crippen molar-refractivity contribution in [2.75, 3.05) is 23.1 Å². The molecule has 0 heterocycles. The molecule has 0 bridgehead atoms. The first kappa shape index (κ1) is 15.8. The van der Waals surface area contributed by atoms with E-state index in [0.29, 0.717) is 5.11 Å². The van der Waals surface area contributed by atoms with Crippen molar-refractivity contribution in [3.8, 4) is 5.75 Å². The minimum atomic E-state index is -0.101. The van der Waals surface area contributed by atoms with Gasteiger partial charge in [0, 0.05) is 30.1 Å². The Labute approximate surface area is 134 Å². The van der Waals surface area contributed by atoms with Crippen molar-refractivity contribution in [3.63, 3.8) is 0 Å². The van der Waals surface area contributed by atoms with Crippen LogP contribution in [-0.2, 0) is 4.79 Å². The summed E-state index contributed by atoms with van der Waals surface area (Å²) in [5.74, 6) is 0.656. The molecule has 22 heavy (non-hydrogen) atoms. The zero-order chi connectivity index (χ0) is 15.9. The van der Waals surface area contributed by atoms with Crippen molar-refractivity contribution in [1.82, 2.24) is 0 Å². The van der Waals surface area contributed by atoms with Gasteiger partial charge in [-0.2, -0.15) is 0 Å². The molecule has 2 rings (SSSR count). The van der Waals surface area contributed by atoms with Crippen LogP contribution in [0.1, 0.15) is 6.92 Å². The SMILES string of the molecule is COc1cccc(NC(=S)Nc2ccc(NC(C)=O)cc2)c1. The topological polar surface area (TPSA) is 62.4 Å². The van der Waals surface area contributed by atoms with Crippen molar-refractivity contribution < 1.29 is 9.53 Å². The number of benzene rings is 2. The smallest absolute Gasteiger partial charge is 0.221 e. The molecule has 2 aromatic rings. The van der Waals surface area contributed by atoms with Gasteiger partial charge in [0.1, 0.15) is 5.75 Å². The largest absolute Gasteiger partial charge is 0.497 e. The van der Waals surface area contributed by atoms with Crippen molar-refractivity contribution in [2.24, 2.45) is 0 Å². The van der Waals surface area contributed by atoms with E-state index in [1.807, 2.05) is 36.4 Å². The molecule has 0 saturated heterocycles. The molecule has 0 fully saturated rings. The average Bonchev–Trinajstić information content (AvgIpc) is 2.49. The molecular weight excluding hydrogens is 298 g/mol. The van der Waals surface area contributed by atoms with E-state index in [4.69, 9.17) is 17.0 Å². The summed E-state index contributed by atoms with van der Waals surface area (Å²) in [6.07, 6.45) is 0. The van der Waals surface area contributed by atoms with Gasteiger partial charge < -0.3 is 20.7 Å². The van der Waals surface area contributed by atoms with Gasteiger partial charge in [0.2, 0.25) is 5.91 Å². The average molecular weight is 315 g/mol. The lowest BCUT2D eigenvalue weighted by atomic mass is 10.3. The van der Waals surface area contributed by atoms with E-state index >= 15 is 0 Å². The third kappa shape index (κ3) is 4.75. The van der Waals surface area contributed by atoms with Gasteiger partial charge in [-0.1, -0.05) is 6.07 Å². The Morgan fingerprint density at radius 2 is 1.55 bits per heavy atom. The number of hydrogen-bond acceptors (Lipinski definition) is 3. The summed E-state index contributed by atoms with van der Waals surface area (Å²) in [5, 5.41) is 9.34. The van der Waals surface area contributed by atoms with Crippen LogP contribution in [0.3, 0.4) is 0 Å². The third-order valence-electron chi connectivity index (χ3n) is 2.79. The molecule has 0 aliphatic heterocycles. The van der Waals surface area contributed by atoms with Gasteiger partial charge in [0.15, 0.2) is 5.11 Å². The molecule has 0 radical (unpaired) electrons. The second kappa shape index (κ2) is 7.42. The maximum atomic E-state index is 11.0. The van der Waals surface area contributed by atoms with E-state index in [0.717, 1.165) is 22.8 Å². The van der Waals surface area contributed by atoms with Crippen molar-refractivity contribution >= 4 is 40.3 Å². The highest BCUT2D eigenvalue weighted by molar-refractivity contribution is 7.80. The maximum Gasteiger partial charge on any atom is 0.221 e. The van der Waals surface area contributed by atoms with E-state index < -0.39 is 0 Å². The molecule has 114 valence electrons. The monoisotopic (exact) mass is 315 g/mol. The van der Waals surface area contributed by atoms with Crippen LogP contribution in [0.4, 0.5) is 17.1 Å². The normalized spacial score (nSPS) is 9.73. The van der Waals surface area contributed by atoms with Crippen LogP contribution in [0.5, 0.6) is 5.75 Å². The number of amides is 1. The number of nitrogens with one attached hydrogen (secondary N) is 3. The van der Waals surface area contributed by atoms with Crippen LogP contribution < -0.4 is 20.7 Å². The lowest BCUT2D eigenvalue weighted by Gasteiger charge is -2.12. The molecule has 6 heteroatoms. The van der Waals surface area contributed by atoms with Crippen molar-refractivity contribution in [1.29, 1.82) is 0 Å². The zero-order valence-corrected chi connectivity index (χ0v) is 13.2. The minimum Gasteiger partial charge on any atom is -0.497 e. The number of hydrogen-bond donors (Lipinski definition) is 3. The van der Waals surface area contributed by atoms with Gasteiger partial charge in [-0.15, -0.1) is 0 Å².